The van der Waals surface area contributed by atoms with Crippen molar-refractivity contribution in [2.75, 3.05) is 18.1 Å². The van der Waals surface area contributed by atoms with E-state index in [1.165, 1.54) is 0 Å². The molecule has 0 aliphatic heterocycles. The monoisotopic (exact) mass is 493 g/mol. The molecule has 0 bridgehead atoms. The van der Waals surface area contributed by atoms with Crippen LogP contribution in [0.2, 0.25) is 0 Å². The molecule has 0 fully saturated rings. The predicted molar refractivity (Wildman–Crippen MR) is 128 cm³/mol. The van der Waals surface area contributed by atoms with E-state index in [9.17, 15) is 24.3 Å². The summed E-state index contributed by atoms with van der Waals surface area (Å²) in [6.07, 6.45) is 0.974. The Hall–Kier alpha value is -2.19. The van der Waals surface area contributed by atoms with Crippen molar-refractivity contribution < 1.29 is 24.3 Å². The van der Waals surface area contributed by atoms with Gasteiger partial charge in [-0.05, 0) is 18.8 Å². The molecule has 0 aliphatic rings. The SMILES string of the molecule is CCC(C)C(NC(=O)C(N)CS)C(=O)NC(CS)C(=O)NC(CCCN=C(N)N)C(=O)O. The van der Waals surface area contributed by atoms with Crippen molar-refractivity contribution in [2.45, 2.75) is 57.3 Å². The molecular weight excluding hydrogens is 458 g/mol. The van der Waals surface area contributed by atoms with Gasteiger partial charge in [-0.25, -0.2) is 4.79 Å². The highest BCUT2D eigenvalue weighted by molar-refractivity contribution is 7.80. The molecule has 14 heteroatoms. The maximum Gasteiger partial charge on any atom is 0.326 e. The van der Waals surface area contributed by atoms with E-state index in [0.29, 0.717) is 12.8 Å². The van der Waals surface area contributed by atoms with Crippen molar-refractivity contribution in [3.05, 3.63) is 0 Å². The lowest BCUT2D eigenvalue weighted by molar-refractivity contribution is -0.142. The number of nitrogens with two attached hydrogens (primary N) is 3. The minimum Gasteiger partial charge on any atom is -0.480 e. The topological polar surface area (TPSA) is 215 Å². The first kappa shape index (κ1) is 29.8. The zero-order valence-electron chi connectivity index (χ0n) is 18.3. The van der Waals surface area contributed by atoms with Crippen molar-refractivity contribution in [1.82, 2.24) is 16.0 Å². The van der Waals surface area contributed by atoms with Crippen LogP contribution >= 0.6 is 25.3 Å². The summed E-state index contributed by atoms with van der Waals surface area (Å²) < 4.78 is 0. The molecule has 5 atom stereocenters. The zero-order chi connectivity index (χ0) is 24.8. The number of guanidine groups is 1. The Bertz CT molecular complexity index is 676. The van der Waals surface area contributed by atoms with Gasteiger partial charge < -0.3 is 38.3 Å². The summed E-state index contributed by atoms with van der Waals surface area (Å²) in [6, 6.07) is -4.15. The van der Waals surface area contributed by atoms with Crippen LogP contribution in [0.15, 0.2) is 4.99 Å². The number of carboxylic acid groups (broad SMARTS) is 1. The number of carbonyl (C=O) groups excluding carboxylic acids is 3. The molecule has 0 aromatic carbocycles. The molecule has 0 heterocycles. The third-order valence-corrected chi connectivity index (χ3v) is 5.46. The summed E-state index contributed by atoms with van der Waals surface area (Å²) in [4.78, 5) is 52.8. The summed E-state index contributed by atoms with van der Waals surface area (Å²) in [5, 5.41) is 16.8. The Balaban J connectivity index is 5.18. The molecule has 10 N–H and O–H groups in total. The van der Waals surface area contributed by atoms with Crippen LogP contribution in [0.3, 0.4) is 0 Å². The molecule has 0 saturated heterocycles. The number of hydrogen-bond donors (Lipinski definition) is 9. The van der Waals surface area contributed by atoms with E-state index >= 15 is 0 Å². The normalized spacial score (nSPS) is 15.4. The summed E-state index contributed by atoms with van der Waals surface area (Å²) >= 11 is 8.06. The minimum atomic E-state index is -1.24. The van der Waals surface area contributed by atoms with E-state index in [-0.39, 0.29) is 36.3 Å². The first-order valence-electron chi connectivity index (χ1n) is 10.1. The van der Waals surface area contributed by atoms with Crippen LogP contribution in [-0.4, -0.2) is 77.0 Å². The number of carboxylic acids is 1. The lowest BCUT2D eigenvalue weighted by atomic mass is 9.97. The second kappa shape index (κ2) is 15.6. The number of aliphatic imine (C=N–C) groups is 1. The van der Waals surface area contributed by atoms with Crippen LogP contribution in [0.25, 0.3) is 0 Å². The number of hydrogen-bond acceptors (Lipinski definition) is 8. The first-order chi connectivity index (χ1) is 15.0. The Morgan fingerprint density at radius 3 is 2.03 bits per heavy atom. The molecule has 5 unspecified atom stereocenters. The third-order valence-electron chi connectivity index (χ3n) is 4.70. The number of nitrogens with one attached hydrogen (secondary N) is 3. The largest absolute Gasteiger partial charge is 0.480 e. The van der Waals surface area contributed by atoms with Crippen LogP contribution in [0.1, 0.15) is 33.1 Å². The highest BCUT2D eigenvalue weighted by atomic mass is 32.1. The Kier molecular flexibility index (Phi) is 14.5. The average molecular weight is 494 g/mol. The lowest BCUT2D eigenvalue weighted by Crippen LogP contribution is -2.59. The van der Waals surface area contributed by atoms with Crippen molar-refractivity contribution in [3.8, 4) is 0 Å². The number of thiol groups is 2. The molecule has 0 saturated carbocycles. The fourth-order valence-electron chi connectivity index (χ4n) is 2.53. The van der Waals surface area contributed by atoms with E-state index in [1.807, 2.05) is 6.92 Å². The van der Waals surface area contributed by atoms with Gasteiger partial charge >= 0.3 is 5.97 Å². The van der Waals surface area contributed by atoms with Gasteiger partial charge in [0.2, 0.25) is 17.7 Å². The Labute approximate surface area is 198 Å². The quantitative estimate of drug-likeness (QED) is 0.0527. The van der Waals surface area contributed by atoms with Crippen molar-refractivity contribution in [1.29, 1.82) is 0 Å². The number of rotatable bonds is 15. The number of carbonyl (C=O) groups is 4. The maximum atomic E-state index is 12.8. The summed E-state index contributed by atoms with van der Waals surface area (Å²) in [6.45, 7) is 3.82. The lowest BCUT2D eigenvalue weighted by Gasteiger charge is -2.27. The van der Waals surface area contributed by atoms with Gasteiger partial charge in [-0.15, -0.1) is 0 Å². The van der Waals surface area contributed by atoms with E-state index in [4.69, 9.17) is 17.2 Å². The van der Waals surface area contributed by atoms with Crippen LogP contribution in [0.4, 0.5) is 0 Å². The van der Waals surface area contributed by atoms with E-state index in [0.717, 1.165) is 0 Å². The van der Waals surface area contributed by atoms with E-state index in [1.54, 1.807) is 6.92 Å². The molecule has 0 aromatic rings. The minimum absolute atomic E-state index is 0.0816. The van der Waals surface area contributed by atoms with Crippen LogP contribution in [0.5, 0.6) is 0 Å². The fourth-order valence-corrected chi connectivity index (χ4v) is 2.96. The zero-order valence-corrected chi connectivity index (χ0v) is 20.1. The summed E-state index contributed by atoms with van der Waals surface area (Å²) in [7, 11) is 0. The molecule has 0 spiro atoms. The molecule has 0 rings (SSSR count). The highest BCUT2D eigenvalue weighted by Gasteiger charge is 2.31. The third kappa shape index (κ3) is 10.9. The average Bonchev–Trinajstić information content (AvgIpc) is 2.75. The molecule has 0 aliphatic carbocycles. The molecule has 0 aromatic heterocycles. The number of nitrogens with zero attached hydrogens (tertiary/aromatic N) is 1. The van der Waals surface area contributed by atoms with Gasteiger partial charge in [0.25, 0.3) is 0 Å². The number of amides is 3. The standard InChI is InChI=1S/C18H35N7O5S2/c1-3-9(2)13(25-14(26)10(19)7-31)16(28)24-12(8-32)15(27)23-11(17(29)30)5-4-6-22-18(20)21/h9-13,31-32H,3-8,19H2,1-2H3,(H,23,27)(H,24,28)(H,25,26)(H,29,30)(H4,20,21,22). The van der Waals surface area contributed by atoms with Crippen LogP contribution in [-0.2, 0) is 19.2 Å². The molecule has 32 heavy (non-hydrogen) atoms. The van der Waals surface area contributed by atoms with Gasteiger partial charge in [-0.3, -0.25) is 19.4 Å². The van der Waals surface area contributed by atoms with Crippen LogP contribution in [0, 0.1) is 5.92 Å². The Morgan fingerprint density at radius 1 is 0.969 bits per heavy atom. The molecular formula is C18H35N7O5S2. The van der Waals surface area contributed by atoms with Crippen molar-refractivity contribution in [2.24, 2.45) is 28.1 Å². The molecule has 12 nitrogen and oxygen atoms in total. The van der Waals surface area contributed by atoms with E-state index in [2.05, 4.69) is 46.2 Å². The van der Waals surface area contributed by atoms with Crippen molar-refractivity contribution >= 4 is 54.9 Å². The first-order valence-corrected chi connectivity index (χ1v) is 11.4. The summed E-state index contributed by atoms with van der Waals surface area (Å²) in [5.74, 6) is -3.46. The second-order valence-corrected chi connectivity index (χ2v) is 7.98. The van der Waals surface area contributed by atoms with Gasteiger partial charge in [0.05, 0.1) is 6.04 Å². The predicted octanol–water partition coefficient (Wildman–Crippen LogP) is -2.19. The Morgan fingerprint density at radius 2 is 1.56 bits per heavy atom. The van der Waals surface area contributed by atoms with Crippen LogP contribution < -0.4 is 33.2 Å². The second-order valence-electron chi connectivity index (χ2n) is 7.25. The van der Waals surface area contributed by atoms with Gasteiger partial charge in [-0.1, -0.05) is 20.3 Å². The summed E-state index contributed by atoms with van der Waals surface area (Å²) in [5.41, 5.74) is 16.1. The number of aliphatic carboxylic acids is 1. The molecule has 3 amide bonds. The highest BCUT2D eigenvalue weighted by Crippen LogP contribution is 2.09. The molecule has 0 radical (unpaired) electrons. The van der Waals surface area contributed by atoms with Gasteiger partial charge in [0.15, 0.2) is 5.96 Å². The van der Waals surface area contributed by atoms with E-state index < -0.39 is 47.9 Å². The fraction of sp³-hybridized carbons (Fsp3) is 0.722. The smallest absolute Gasteiger partial charge is 0.326 e. The molecule has 184 valence electrons. The van der Waals surface area contributed by atoms with Gasteiger partial charge in [0, 0.05) is 18.1 Å². The maximum absolute atomic E-state index is 12.8. The van der Waals surface area contributed by atoms with Gasteiger partial charge in [0.1, 0.15) is 18.1 Å². The van der Waals surface area contributed by atoms with Gasteiger partial charge in [-0.2, -0.15) is 25.3 Å². The van der Waals surface area contributed by atoms with Crippen molar-refractivity contribution in [3.63, 3.8) is 0 Å².